The molecule has 0 saturated carbocycles. The Bertz CT molecular complexity index is 1560. The number of fused-ring (bicyclic) bond motifs is 2. The molecule has 0 aliphatic rings. The first-order valence-electron chi connectivity index (χ1n) is 16.1. The minimum absolute atomic E-state index is 0.826. The van der Waals surface area contributed by atoms with E-state index in [9.17, 15) is 0 Å². The number of hydrogen-bond donors (Lipinski definition) is 0. The molecule has 0 N–H and O–H groups in total. The van der Waals surface area contributed by atoms with E-state index >= 15 is 0 Å². The summed E-state index contributed by atoms with van der Waals surface area (Å²) in [7, 11) is 9.87. The van der Waals surface area contributed by atoms with Crippen LogP contribution in [0.15, 0.2) is 109 Å². The summed E-state index contributed by atoms with van der Waals surface area (Å²) in [4.78, 5) is 0. The molecule has 6 aromatic carbocycles. The van der Waals surface area contributed by atoms with Crippen LogP contribution in [0, 0.1) is 20.8 Å². The van der Waals surface area contributed by atoms with Crippen LogP contribution in [0.2, 0.25) is 0 Å². The Kier molecular flexibility index (Phi) is 16.4. The van der Waals surface area contributed by atoms with Crippen LogP contribution in [0.5, 0.6) is 0 Å². The van der Waals surface area contributed by atoms with Gasteiger partial charge in [-0.05, 0) is 37.8 Å². The van der Waals surface area contributed by atoms with Crippen molar-refractivity contribution in [3.63, 3.8) is 0 Å². The summed E-state index contributed by atoms with van der Waals surface area (Å²) in [6.07, 6.45) is 7.45. The Hall–Kier alpha value is -2.44. The molecular weight excluding hydrogens is 667 g/mol. The van der Waals surface area contributed by atoms with Crippen molar-refractivity contribution in [1.82, 2.24) is 0 Å². The molecule has 0 nitrogen and oxygen atoms in total. The Balaban J connectivity index is 0.000000215. The molecule has 45 heavy (non-hydrogen) atoms. The number of rotatable bonds is 8. The van der Waals surface area contributed by atoms with Gasteiger partial charge < -0.3 is 6.92 Å². The van der Waals surface area contributed by atoms with Crippen molar-refractivity contribution >= 4 is 38.6 Å². The van der Waals surface area contributed by atoms with Crippen molar-refractivity contribution in [2.75, 3.05) is 0 Å². The minimum atomic E-state index is -0.826. The number of aryl methyl sites for hydroxylation is 4. The summed E-state index contributed by atoms with van der Waals surface area (Å²) >= 11 is -0.826. The average Bonchev–Trinajstić information content (AvgIpc) is 3.69. The Morgan fingerprint density at radius 1 is 0.578 bits per heavy atom. The van der Waals surface area contributed by atoms with Crippen LogP contribution in [0.4, 0.5) is 0 Å². The monoisotopic (exact) mass is 711 g/mol. The molecule has 0 aliphatic carbocycles. The van der Waals surface area contributed by atoms with Gasteiger partial charge in [-0.25, -0.2) is 0 Å². The maximum absolute atomic E-state index is 4.93. The van der Waals surface area contributed by atoms with Gasteiger partial charge in [-0.1, -0.05) is 122 Å². The summed E-state index contributed by atoms with van der Waals surface area (Å²) in [6.45, 7) is 13.8. The van der Waals surface area contributed by atoms with Crippen LogP contribution in [-0.2, 0) is 33.7 Å². The summed E-state index contributed by atoms with van der Waals surface area (Å²) in [5, 5.41) is 5.52. The van der Waals surface area contributed by atoms with E-state index in [0.29, 0.717) is 0 Å². The first kappa shape index (κ1) is 37.0. The number of unbranched alkanes of at least 4 members (excludes halogenated alkanes) is 2. The molecule has 0 amide bonds. The molecule has 0 unspecified atom stereocenters. The van der Waals surface area contributed by atoms with Crippen LogP contribution in [0.3, 0.4) is 0 Å². The molecule has 3 heteroatoms. The molecule has 0 atom stereocenters. The van der Waals surface area contributed by atoms with Crippen molar-refractivity contribution < 1.29 is 20.8 Å². The van der Waals surface area contributed by atoms with Crippen molar-refractivity contribution in [1.29, 1.82) is 0 Å². The van der Waals surface area contributed by atoms with Gasteiger partial charge in [0.15, 0.2) is 0 Å². The zero-order valence-corrected chi connectivity index (χ0v) is 31.6. The van der Waals surface area contributed by atoms with E-state index in [-0.39, 0.29) is 0 Å². The normalized spacial score (nSPS) is 10.3. The van der Waals surface area contributed by atoms with Crippen LogP contribution in [-0.4, -0.2) is 0 Å². The second-order valence-corrected chi connectivity index (χ2v) is 15.1. The van der Waals surface area contributed by atoms with Crippen molar-refractivity contribution in [3.8, 4) is 22.3 Å². The fourth-order valence-electron chi connectivity index (χ4n) is 5.61. The van der Waals surface area contributed by atoms with Gasteiger partial charge in [0.25, 0.3) is 0 Å². The van der Waals surface area contributed by atoms with E-state index in [1.54, 1.807) is 6.92 Å². The molecule has 0 saturated heterocycles. The Labute approximate surface area is 291 Å². The zero-order chi connectivity index (χ0) is 32.6. The fraction of sp³-hybridized carbons (Fsp3) is 0.262. The van der Waals surface area contributed by atoms with E-state index < -0.39 is 20.8 Å². The molecule has 0 fully saturated rings. The maximum atomic E-state index is 4.93. The van der Waals surface area contributed by atoms with Crippen LogP contribution < -0.4 is 0 Å². The first-order chi connectivity index (χ1) is 22.0. The summed E-state index contributed by atoms with van der Waals surface area (Å²) < 4.78 is 0. The zero-order valence-electron chi connectivity index (χ0n) is 27.6. The Morgan fingerprint density at radius 2 is 0.933 bits per heavy atom. The van der Waals surface area contributed by atoms with Crippen LogP contribution in [0.1, 0.15) is 68.7 Å². The van der Waals surface area contributed by atoms with E-state index in [0.717, 1.165) is 0 Å². The van der Waals surface area contributed by atoms with Gasteiger partial charge in [0.1, 0.15) is 0 Å². The topological polar surface area (TPSA) is 0 Å². The van der Waals surface area contributed by atoms with E-state index in [1.807, 2.05) is 0 Å². The third kappa shape index (κ3) is 10.8. The molecule has 0 bridgehead atoms. The van der Waals surface area contributed by atoms with E-state index in [4.69, 9.17) is 17.0 Å². The van der Waals surface area contributed by atoms with Crippen molar-refractivity contribution in [2.45, 2.75) is 73.1 Å². The number of benzene rings is 4. The molecular formula is C42H47Cl2Zr-3. The van der Waals surface area contributed by atoms with Gasteiger partial charge in [0.05, 0.1) is 0 Å². The average molecular weight is 714 g/mol. The van der Waals surface area contributed by atoms with E-state index in [2.05, 4.69) is 144 Å². The number of halogens is 2. The molecule has 6 aromatic rings. The second-order valence-electron chi connectivity index (χ2n) is 11.4. The predicted octanol–water partition coefficient (Wildman–Crippen LogP) is 14.0. The van der Waals surface area contributed by atoms with Gasteiger partial charge >= 0.3 is 37.9 Å². The third-order valence-electron chi connectivity index (χ3n) is 7.98. The molecule has 6 rings (SSSR count). The quantitative estimate of drug-likeness (QED) is 0.138. The molecule has 0 radical (unpaired) electrons. The van der Waals surface area contributed by atoms with Gasteiger partial charge in [-0.15, -0.1) is 69.1 Å². The first-order valence-corrected chi connectivity index (χ1v) is 22.5. The van der Waals surface area contributed by atoms with Crippen LogP contribution >= 0.6 is 17.0 Å². The fourth-order valence-corrected chi connectivity index (χ4v) is 5.61. The molecule has 0 spiro atoms. The predicted molar refractivity (Wildman–Crippen MR) is 199 cm³/mol. The SMILES string of the molecule is CCCCc1cc2c(-c3ccc(C)cc3)cccc2[cH-]1.CCCCc1cc2c(-c3ccc(C)cc3)cccc2[cH-]1.[CH2-]C.[Cl][Zr][Cl]. The summed E-state index contributed by atoms with van der Waals surface area (Å²) in [5.41, 5.74) is 10.9. The summed E-state index contributed by atoms with van der Waals surface area (Å²) in [5.74, 6) is 0. The van der Waals surface area contributed by atoms with Gasteiger partial charge in [-0.2, -0.15) is 19.1 Å². The van der Waals surface area contributed by atoms with Gasteiger partial charge in [-0.3, -0.25) is 0 Å². The van der Waals surface area contributed by atoms with Crippen LogP contribution in [0.25, 0.3) is 43.8 Å². The molecule has 236 valence electrons. The molecule has 0 aromatic heterocycles. The van der Waals surface area contributed by atoms with Gasteiger partial charge in [0.2, 0.25) is 0 Å². The van der Waals surface area contributed by atoms with Gasteiger partial charge in [0, 0.05) is 0 Å². The van der Waals surface area contributed by atoms with Crippen molar-refractivity contribution in [3.05, 3.63) is 138 Å². The standard InChI is InChI=1S/2C20H21.C2H5.2ClH.Zr/c2*1-3-4-6-16-13-18-7-5-8-19(20(18)14-16)17-11-9-15(2)10-12-17;1-2;;;/h2*5,7-14H,3-4,6H2,1-2H3;1H2,2H3;2*1H;/q3*-1;;;+2/p-2. The molecule has 0 aliphatic heterocycles. The van der Waals surface area contributed by atoms with E-state index in [1.165, 1.54) is 105 Å². The summed E-state index contributed by atoms with van der Waals surface area (Å²) in [6, 6.07) is 40.4. The second kappa shape index (κ2) is 19.9. The third-order valence-corrected chi connectivity index (χ3v) is 7.98. The Morgan fingerprint density at radius 3 is 1.27 bits per heavy atom. The number of hydrogen-bond acceptors (Lipinski definition) is 0. The van der Waals surface area contributed by atoms with Crippen molar-refractivity contribution in [2.24, 2.45) is 0 Å². The molecule has 0 heterocycles.